The quantitative estimate of drug-likeness (QED) is 0.376. The molecule has 0 unspecified atom stereocenters. The van der Waals surface area contributed by atoms with Gasteiger partial charge in [-0.2, -0.15) is 0 Å². The molecule has 0 atom stereocenters. The van der Waals surface area contributed by atoms with Crippen molar-refractivity contribution in [3.63, 3.8) is 0 Å². The Morgan fingerprint density at radius 3 is 1.67 bits per heavy atom. The van der Waals surface area contributed by atoms with E-state index in [4.69, 9.17) is 0 Å². The van der Waals surface area contributed by atoms with Crippen molar-refractivity contribution in [3.05, 3.63) is 25.1 Å². The monoisotopic (exact) mass is 186 g/mol. The predicted octanol–water partition coefficient (Wildman–Crippen LogP) is 2.74. The van der Waals surface area contributed by atoms with E-state index >= 15 is 0 Å². The average Bonchev–Trinajstić information content (AvgIpc) is 1.87. The molecule has 0 spiro atoms. The molecule has 0 aromatic heterocycles. The summed E-state index contributed by atoms with van der Waals surface area (Å²) in [7, 11) is -0.867. The van der Waals surface area contributed by atoms with Crippen LogP contribution in [0.2, 0.25) is 19.6 Å². The van der Waals surface area contributed by atoms with Crippen molar-refractivity contribution in [2.45, 2.75) is 26.6 Å². The van der Waals surface area contributed by atoms with Crippen LogP contribution in [0.25, 0.3) is 0 Å². The van der Waals surface area contributed by atoms with Gasteiger partial charge in [-0.25, -0.2) is 0 Å². The van der Waals surface area contributed by atoms with Crippen LogP contribution in [0.5, 0.6) is 0 Å². The highest BCUT2D eigenvalue weighted by Crippen LogP contribution is 1.98. The van der Waals surface area contributed by atoms with Gasteiger partial charge >= 0.3 is 5.97 Å². The fraction of sp³-hybridized carbons (Fsp3) is 0.444. The molecule has 0 bridgehead atoms. The van der Waals surface area contributed by atoms with Crippen LogP contribution >= 0.6 is 0 Å². The molecule has 0 aromatic carbocycles. The van der Waals surface area contributed by atoms with Gasteiger partial charge in [-0.1, -0.05) is 26.2 Å². The zero-order chi connectivity index (χ0) is 10.2. The summed E-state index contributed by atoms with van der Waals surface area (Å²) in [6, 6.07) is 0. The summed E-state index contributed by atoms with van der Waals surface area (Å²) in [5, 5.41) is 0. The summed E-state index contributed by atoms with van der Waals surface area (Å²) in [6.45, 7) is 15.0. The lowest BCUT2D eigenvalue weighted by molar-refractivity contribution is -0.135. The molecule has 0 aliphatic carbocycles. The third kappa shape index (κ3) is 22.9. The van der Waals surface area contributed by atoms with Gasteiger partial charge in [-0.3, -0.25) is 4.79 Å². The van der Waals surface area contributed by atoms with Crippen molar-refractivity contribution in [2.75, 3.05) is 0 Å². The van der Waals surface area contributed by atoms with Crippen LogP contribution in [0.15, 0.2) is 25.1 Å². The van der Waals surface area contributed by atoms with Crippen LogP contribution in [0.3, 0.4) is 0 Å². The topological polar surface area (TPSA) is 26.3 Å². The first-order valence-electron chi connectivity index (χ1n) is 3.75. The first-order valence-corrected chi connectivity index (χ1v) is 7.33. The number of hydrogen-bond acceptors (Lipinski definition) is 2. The Kier molecular flexibility index (Phi) is 7.84. The molecule has 0 amide bonds. The number of hydrogen-bond donors (Lipinski definition) is 0. The molecule has 0 rings (SSSR count). The van der Waals surface area contributed by atoms with E-state index in [9.17, 15) is 4.79 Å². The Balaban J connectivity index is 0. The van der Waals surface area contributed by atoms with E-state index in [0.29, 0.717) is 0 Å². The predicted molar refractivity (Wildman–Crippen MR) is 55.5 cm³/mol. The van der Waals surface area contributed by atoms with Crippen molar-refractivity contribution in [2.24, 2.45) is 0 Å². The summed E-state index contributed by atoms with van der Waals surface area (Å²) in [5.41, 5.74) is 2.08. The summed E-state index contributed by atoms with van der Waals surface area (Å²) < 4.78 is 4.17. The number of rotatable bonds is 2. The first-order chi connectivity index (χ1) is 5.33. The zero-order valence-electron chi connectivity index (χ0n) is 8.39. The Labute approximate surface area is 75.9 Å². The Hall–Kier alpha value is -0.833. The van der Waals surface area contributed by atoms with Gasteiger partial charge in [0.15, 0.2) is 0 Å². The third-order valence-corrected chi connectivity index (χ3v) is 2.09. The molecule has 0 aliphatic rings. The van der Waals surface area contributed by atoms with Crippen LogP contribution < -0.4 is 0 Å². The number of esters is 1. The van der Waals surface area contributed by atoms with Crippen LogP contribution in [0, 0.1) is 0 Å². The molecule has 0 aliphatic heterocycles. The fourth-order valence-corrected chi connectivity index (χ4v) is 0.117. The van der Waals surface area contributed by atoms with Gasteiger partial charge in [0, 0.05) is 6.92 Å². The minimum Gasteiger partial charge on any atom is -0.435 e. The molecular formula is C9H18O2Si. The van der Waals surface area contributed by atoms with E-state index in [1.54, 1.807) is 0 Å². The Morgan fingerprint density at radius 2 is 1.67 bits per heavy atom. The lowest BCUT2D eigenvalue weighted by atomic mass is 10.8. The fourth-order valence-electron chi connectivity index (χ4n) is 0.117. The molecule has 0 heterocycles. The van der Waals surface area contributed by atoms with Crippen molar-refractivity contribution in [1.29, 1.82) is 0 Å². The first kappa shape index (κ1) is 13.7. The van der Waals surface area contributed by atoms with Gasteiger partial charge in [0.2, 0.25) is 0 Å². The van der Waals surface area contributed by atoms with E-state index in [-0.39, 0.29) is 5.97 Å². The molecule has 3 heteroatoms. The number of carbonyl (C=O) groups is 1. The Morgan fingerprint density at radius 1 is 1.33 bits per heavy atom. The van der Waals surface area contributed by atoms with Gasteiger partial charge in [-0.15, -0.1) is 12.3 Å². The molecule has 0 aromatic rings. The maximum absolute atomic E-state index is 9.75. The van der Waals surface area contributed by atoms with Crippen molar-refractivity contribution >= 4 is 14.0 Å². The summed E-state index contributed by atoms with van der Waals surface area (Å²) >= 11 is 0. The van der Waals surface area contributed by atoms with Gasteiger partial charge < -0.3 is 4.74 Å². The molecule has 0 saturated heterocycles. The van der Waals surface area contributed by atoms with Gasteiger partial charge in [-0.05, 0) is 0 Å². The van der Waals surface area contributed by atoms with Crippen LogP contribution in [-0.4, -0.2) is 14.0 Å². The van der Waals surface area contributed by atoms with E-state index in [2.05, 4.69) is 43.2 Å². The van der Waals surface area contributed by atoms with Crippen molar-refractivity contribution < 1.29 is 9.53 Å². The van der Waals surface area contributed by atoms with E-state index in [1.165, 1.54) is 6.92 Å². The van der Waals surface area contributed by atoms with E-state index in [1.807, 2.05) is 0 Å². The molecule has 0 saturated carbocycles. The average molecular weight is 186 g/mol. The standard InChI is InChI=1S/C5H12Si.C4H6O2/c1-5-6(2,3)4;1-3-6-4(2)5/h5H,1H2,2-4H3;3H,1H2,2H3. The van der Waals surface area contributed by atoms with Crippen LogP contribution in [-0.2, 0) is 9.53 Å². The lowest BCUT2D eigenvalue weighted by Crippen LogP contribution is -2.14. The summed E-state index contributed by atoms with van der Waals surface area (Å²) in [5.74, 6) is -0.329. The summed E-state index contributed by atoms with van der Waals surface area (Å²) in [6.07, 6.45) is 1.10. The van der Waals surface area contributed by atoms with Crippen molar-refractivity contribution in [3.8, 4) is 0 Å². The highest BCUT2D eigenvalue weighted by molar-refractivity contribution is 6.80. The van der Waals surface area contributed by atoms with Crippen LogP contribution in [0.4, 0.5) is 0 Å². The molecule has 0 radical (unpaired) electrons. The van der Waals surface area contributed by atoms with Gasteiger partial charge in [0.1, 0.15) is 0 Å². The second-order valence-corrected chi connectivity index (χ2v) is 8.49. The number of carbonyl (C=O) groups excluding carboxylic acids is 1. The summed E-state index contributed by atoms with van der Waals surface area (Å²) in [4.78, 5) is 9.75. The number of ether oxygens (including phenoxy) is 1. The zero-order valence-corrected chi connectivity index (χ0v) is 9.39. The second kappa shape index (κ2) is 6.85. The highest BCUT2D eigenvalue weighted by atomic mass is 28.3. The molecular weight excluding hydrogens is 168 g/mol. The second-order valence-electron chi connectivity index (χ2n) is 3.35. The van der Waals surface area contributed by atoms with E-state index in [0.717, 1.165) is 6.26 Å². The molecule has 70 valence electrons. The SMILES string of the molecule is C=COC(C)=O.C=C[Si](C)(C)C. The molecule has 2 nitrogen and oxygen atoms in total. The minimum atomic E-state index is -0.867. The third-order valence-electron chi connectivity index (χ3n) is 0.862. The maximum atomic E-state index is 9.75. The highest BCUT2D eigenvalue weighted by Gasteiger charge is 2.03. The normalized spacial score (nSPS) is 9.00. The van der Waals surface area contributed by atoms with E-state index < -0.39 is 8.07 Å². The van der Waals surface area contributed by atoms with Crippen LogP contribution in [0.1, 0.15) is 6.92 Å². The molecule has 0 fully saturated rings. The molecule has 0 N–H and O–H groups in total. The Bertz CT molecular complexity index is 156. The molecule has 12 heavy (non-hydrogen) atoms. The maximum Gasteiger partial charge on any atom is 0.307 e. The van der Waals surface area contributed by atoms with Gasteiger partial charge in [0.05, 0.1) is 14.3 Å². The van der Waals surface area contributed by atoms with Gasteiger partial charge in [0.25, 0.3) is 0 Å². The minimum absolute atomic E-state index is 0.329. The van der Waals surface area contributed by atoms with Crippen molar-refractivity contribution in [1.82, 2.24) is 0 Å². The smallest absolute Gasteiger partial charge is 0.307 e. The lowest BCUT2D eigenvalue weighted by Gasteiger charge is -2.04. The largest absolute Gasteiger partial charge is 0.435 e.